The van der Waals surface area contributed by atoms with Crippen LogP contribution >= 0.6 is 11.8 Å². The highest BCUT2D eigenvalue weighted by molar-refractivity contribution is 7.99. The lowest BCUT2D eigenvalue weighted by Gasteiger charge is -2.11. The molecule has 1 unspecified atom stereocenters. The number of benzene rings is 1. The van der Waals surface area contributed by atoms with E-state index < -0.39 is 0 Å². The molecule has 22 heavy (non-hydrogen) atoms. The first kappa shape index (κ1) is 14.7. The Labute approximate surface area is 132 Å². The van der Waals surface area contributed by atoms with Gasteiger partial charge >= 0.3 is 0 Å². The van der Waals surface area contributed by atoms with Crippen molar-refractivity contribution in [2.75, 3.05) is 0 Å². The summed E-state index contributed by atoms with van der Waals surface area (Å²) in [5.41, 5.74) is 3.25. The van der Waals surface area contributed by atoms with Gasteiger partial charge in [-0.1, -0.05) is 35.1 Å². The normalized spacial score (nSPS) is 12.5. The van der Waals surface area contributed by atoms with Gasteiger partial charge in [0.1, 0.15) is 0 Å². The predicted molar refractivity (Wildman–Crippen MR) is 81.9 cm³/mol. The quantitative estimate of drug-likeness (QED) is 0.684. The number of para-hydroxylation sites is 1. The van der Waals surface area contributed by atoms with E-state index in [2.05, 4.69) is 25.7 Å². The van der Waals surface area contributed by atoms with Crippen molar-refractivity contribution in [2.24, 2.45) is 0 Å². The maximum absolute atomic E-state index is 5.21. The molecule has 0 aliphatic rings. The Hall–Kier alpha value is -2.22. The summed E-state index contributed by atoms with van der Waals surface area (Å²) < 4.78 is 6.97. The van der Waals surface area contributed by atoms with Gasteiger partial charge in [0, 0.05) is 0 Å². The number of nitrogens with zero attached hydrogens (tertiary/aromatic N) is 6. The summed E-state index contributed by atoms with van der Waals surface area (Å²) in [5.74, 6) is 1.19. The zero-order chi connectivity index (χ0) is 15.7. The largest absolute Gasteiger partial charge is 0.338 e. The average Bonchev–Trinajstić information content (AvgIpc) is 3.08. The van der Waals surface area contributed by atoms with Crippen molar-refractivity contribution in [1.29, 1.82) is 0 Å². The standard InChI is InChI=1S/C14H16N6OS/c1-8-6-5-7-9(2)12(8)20-14(16-18-19-20)22-10(3)13-15-11(4)17-21-13/h5-7,10H,1-4H3. The third-order valence-corrected chi connectivity index (χ3v) is 4.29. The Morgan fingerprint density at radius 2 is 1.91 bits per heavy atom. The smallest absolute Gasteiger partial charge is 0.239 e. The minimum absolute atomic E-state index is 0.0322. The summed E-state index contributed by atoms with van der Waals surface area (Å²) in [6.45, 7) is 7.87. The third kappa shape index (κ3) is 2.74. The molecule has 0 spiro atoms. The molecule has 0 aliphatic heterocycles. The Morgan fingerprint density at radius 3 is 2.55 bits per heavy atom. The lowest BCUT2D eigenvalue weighted by molar-refractivity contribution is 0.376. The number of rotatable bonds is 4. The van der Waals surface area contributed by atoms with E-state index in [1.165, 1.54) is 11.8 Å². The molecule has 2 aromatic heterocycles. The van der Waals surface area contributed by atoms with Crippen molar-refractivity contribution in [2.45, 2.75) is 38.1 Å². The summed E-state index contributed by atoms with van der Waals surface area (Å²) in [6.07, 6.45) is 0. The van der Waals surface area contributed by atoms with Gasteiger partial charge in [0.05, 0.1) is 10.9 Å². The first-order valence-electron chi connectivity index (χ1n) is 6.88. The first-order valence-corrected chi connectivity index (χ1v) is 7.76. The highest BCUT2D eigenvalue weighted by atomic mass is 32.2. The highest BCUT2D eigenvalue weighted by Gasteiger charge is 2.20. The number of hydrogen-bond acceptors (Lipinski definition) is 7. The van der Waals surface area contributed by atoms with Crippen LogP contribution in [0.2, 0.25) is 0 Å². The molecular formula is C14H16N6OS. The molecule has 8 heteroatoms. The van der Waals surface area contributed by atoms with E-state index in [1.54, 1.807) is 11.6 Å². The van der Waals surface area contributed by atoms with Gasteiger partial charge in [0.2, 0.25) is 11.0 Å². The van der Waals surface area contributed by atoms with Gasteiger partial charge in [-0.15, -0.1) is 5.10 Å². The van der Waals surface area contributed by atoms with Crippen LogP contribution in [0.25, 0.3) is 5.69 Å². The van der Waals surface area contributed by atoms with Crippen LogP contribution < -0.4 is 0 Å². The topological polar surface area (TPSA) is 82.5 Å². The summed E-state index contributed by atoms with van der Waals surface area (Å²) in [5, 5.41) is 16.5. The molecule has 0 N–H and O–H groups in total. The minimum atomic E-state index is -0.0322. The Kier molecular flexibility index (Phi) is 3.93. The van der Waals surface area contributed by atoms with Gasteiger partial charge in [-0.25, -0.2) is 0 Å². The van der Waals surface area contributed by atoms with E-state index >= 15 is 0 Å². The summed E-state index contributed by atoms with van der Waals surface area (Å²) in [6, 6.07) is 6.11. The number of aryl methyl sites for hydroxylation is 3. The van der Waals surface area contributed by atoms with E-state index in [4.69, 9.17) is 4.52 Å². The first-order chi connectivity index (χ1) is 10.6. The van der Waals surface area contributed by atoms with Crippen molar-refractivity contribution in [3.8, 4) is 5.69 Å². The third-order valence-electron chi connectivity index (χ3n) is 3.27. The van der Waals surface area contributed by atoms with Gasteiger partial charge in [-0.3, -0.25) is 0 Å². The van der Waals surface area contributed by atoms with Gasteiger partial charge in [0.15, 0.2) is 5.82 Å². The van der Waals surface area contributed by atoms with E-state index in [0.29, 0.717) is 16.9 Å². The second kappa shape index (κ2) is 5.88. The van der Waals surface area contributed by atoms with E-state index in [0.717, 1.165) is 16.8 Å². The second-order valence-corrected chi connectivity index (χ2v) is 6.36. The molecule has 0 bridgehead atoms. The van der Waals surface area contributed by atoms with Crippen molar-refractivity contribution >= 4 is 11.8 Å². The number of tetrazole rings is 1. The lowest BCUT2D eigenvalue weighted by atomic mass is 10.1. The summed E-state index contributed by atoms with van der Waals surface area (Å²) in [4.78, 5) is 4.25. The Balaban J connectivity index is 1.93. The molecule has 0 amide bonds. The molecule has 0 fully saturated rings. The zero-order valence-corrected chi connectivity index (χ0v) is 13.6. The van der Waals surface area contributed by atoms with Gasteiger partial charge in [-0.2, -0.15) is 9.67 Å². The van der Waals surface area contributed by atoms with Gasteiger partial charge in [0.25, 0.3) is 0 Å². The van der Waals surface area contributed by atoms with Crippen LogP contribution in [0.5, 0.6) is 0 Å². The maximum Gasteiger partial charge on any atom is 0.239 e. The predicted octanol–water partition coefficient (Wildman–Crippen LogP) is 2.82. The van der Waals surface area contributed by atoms with Crippen LogP contribution in [-0.4, -0.2) is 30.3 Å². The molecule has 0 saturated carbocycles. The van der Waals surface area contributed by atoms with Gasteiger partial charge in [-0.05, 0) is 49.2 Å². The fraction of sp³-hybridized carbons (Fsp3) is 0.357. The molecule has 0 saturated heterocycles. The maximum atomic E-state index is 5.21. The van der Waals surface area contributed by atoms with Crippen LogP contribution in [0.3, 0.4) is 0 Å². The lowest BCUT2D eigenvalue weighted by Crippen LogP contribution is -2.04. The molecule has 0 aliphatic carbocycles. The Morgan fingerprint density at radius 1 is 1.18 bits per heavy atom. The van der Waals surface area contributed by atoms with Crippen LogP contribution in [-0.2, 0) is 0 Å². The molecule has 0 radical (unpaired) electrons. The SMILES string of the molecule is Cc1noc(C(C)Sc2nnnn2-c2c(C)cccc2C)n1. The van der Waals surface area contributed by atoms with Crippen molar-refractivity contribution in [3.63, 3.8) is 0 Å². The fourth-order valence-electron chi connectivity index (χ4n) is 2.22. The van der Waals surface area contributed by atoms with Crippen LogP contribution in [0.4, 0.5) is 0 Å². The zero-order valence-electron chi connectivity index (χ0n) is 12.8. The molecular weight excluding hydrogens is 300 g/mol. The van der Waals surface area contributed by atoms with Crippen molar-refractivity contribution < 1.29 is 4.52 Å². The monoisotopic (exact) mass is 316 g/mol. The highest BCUT2D eigenvalue weighted by Crippen LogP contribution is 2.34. The van der Waals surface area contributed by atoms with Crippen LogP contribution in [0, 0.1) is 20.8 Å². The number of thioether (sulfide) groups is 1. The average molecular weight is 316 g/mol. The molecule has 3 rings (SSSR count). The van der Waals surface area contributed by atoms with Crippen molar-refractivity contribution in [1.82, 2.24) is 30.3 Å². The van der Waals surface area contributed by atoms with E-state index in [9.17, 15) is 0 Å². The fourth-order valence-corrected chi connectivity index (χ4v) is 3.04. The summed E-state index contributed by atoms with van der Waals surface area (Å²) >= 11 is 1.49. The van der Waals surface area contributed by atoms with E-state index in [1.807, 2.05) is 39.0 Å². The molecule has 114 valence electrons. The number of aromatic nitrogens is 6. The molecule has 7 nitrogen and oxygen atoms in total. The van der Waals surface area contributed by atoms with Crippen LogP contribution in [0.1, 0.15) is 35.0 Å². The molecule has 2 heterocycles. The number of hydrogen-bond donors (Lipinski definition) is 0. The molecule has 1 atom stereocenters. The molecule has 1 aromatic carbocycles. The van der Waals surface area contributed by atoms with E-state index in [-0.39, 0.29) is 5.25 Å². The summed E-state index contributed by atoms with van der Waals surface area (Å²) in [7, 11) is 0. The van der Waals surface area contributed by atoms with Gasteiger partial charge < -0.3 is 4.52 Å². The second-order valence-electron chi connectivity index (χ2n) is 5.05. The Bertz CT molecular complexity index is 776. The van der Waals surface area contributed by atoms with Crippen molar-refractivity contribution in [3.05, 3.63) is 41.0 Å². The van der Waals surface area contributed by atoms with Crippen LogP contribution in [0.15, 0.2) is 27.9 Å². The molecule has 3 aromatic rings. The minimum Gasteiger partial charge on any atom is -0.338 e.